The monoisotopic (exact) mass is 372 g/mol. The molecule has 0 N–H and O–H groups in total. The Morgan fingerprint density at radius 3 is 2.25 bits per heavy atom. The standard InChI is InChI=1S/C25H30N3/c1-17-8-22(25-13-18-10-19(14-25)12-20(11-18)15-25)24-23(9-17)26-28(16-27(24)2)21-6-4-3-5-7-21/h3-9,18-20H,10-16H2,1-2H3/q+1. The number of nitrogens with zero attached hydrogens (tertiary/aromatic N) is 3. The summed E-state index contributed by atoms with van der Waals surface area (Å²) in [6, 6.07) is 15.4. The summed E-state index contributed by atoms with van der Waals surface area (Å²) >= 11 is 0. The van der Waals surface area contributed by atoms with E-state index in [1.165, 1.54) is 49.8 Å². The predicted octanol–water partition coefficient (Wildman–Crippen LogP) is 6.30. The zero-order valence-electron chi connectivity index (χ0n) is 17.1. The normalized spacial score (nSPS) is 33.0. The molecule has 0 spiro atoms. The number of fused-ring (bicyclic) bond motifs is 1. The van der Waals surface area contributed by atoms with Crippen LogP contribution in [0, 0.1) is 24.7 Å². The van der Waals surface area contributed by atoms with E-state index in [2.05, 4.69) is 66.0 Å². The van der Waals surface area contributed by atoms with E-state index in [9.17, 15) is 0 Å². The summed E-state index contributed by atoms with van der Waals surface area (Å²) in [5, 5.41) is 5.11. The molecule has 2 aromatic carbocycles. The lowest BCUT2D eigenvalue weighted by Gasteiger charge is -2.57. The quantitative estimate of drug-likeness (QED) is 0.566. The predicted molar refractivity (Wildman–Crippen MR) is 113 cm³/mol. The number of anilines is 1. The van der Waals surface area contributed by atoms with Crippen LogP contribution in [0.5, 0.6) is 0 Å². The smallest absolute Gasteiger partial charge is 0.250 e. The molecule has 7 rings (SSSR count). The van der Waals surface area contributed by atoms with Crippen LogP contribution in [0.25, 0.3) is 0 Å². The first-order chi connectivity index (χ1) is 13.6. The second-order valence-corrected chi connectivity index (χ2v) is 10.1. The van der Waals surface area contributed by atoms with Gasteiger partial charge in [-0.2, -0.15) is 0 Å². The molecule has 4 fully saturated rings. The van der Waals surface area contributed by atoms with Crippen molar-refractivity contribution in [2.24, 2.45) is 22.9 Å². The van der Waals surface area contributed by atoms with Crippen LogP contribution < -0.4 is 4.90 Å². The molecule has 28 heavy (non-hydrogen) atoms. The Morgan fingerprint density at radius 1 is 0.964 bits per heavy atom. The topological polar surface area (TPSA) is 18.6 Å². The van der Waals surface area contributed by atoms with Crippen LogP contribution in [0.1, 0.15) is 49.7 Å². The molecule has 0 amide bonds. The summed E-state index contributed by atoms with van der Waals surface area (Å²) in [5.41, 5.74) is 7.10. The molecule has 0 atom stereocenters. The Morgan fingerprint density at radius 2 is 1.61 bits per heavy atom. The van der Waals surface area contributed by atoms with Gasteiger partial charge in [0.05, 0.1) is 5.69 Å². The first kappa shape index (κ1) is 16.8. The minimum absolute atomic E-state index is 0.406. The van der Waals surface area contributed by atoms with Gasteiger partial charge in [0.25, 0.3) is 6.67 Å². The molecule has 0 radical (unpaired) electrons. The number of aryl methyl sites for hydroxylation is 1. The molecule has 4 aliphatic carbocycles. The minimum atomic E-state index is 0.406. The Kier molecular flexibility index (Phi) is 3.54. The summed E-state index contributed by atoms with van der Waals surface area (Å²) in [5.74, 6) is 2.90. The third-order valence-corrected chi connectivity index (χ3v) is 7.85. The fraction of sp³-hybridized carbons (Fsp3) is 0.520. The number of azo groups is 2. The van der Waals surface area contributed by atoms with Crippen LogP contribution in [-0.2, 0) is 5.41 Å². The van der Waals surface area contributed by atoms with Gasteiger partial charge in [-0.25, -0.2) is 0 Å². The van der Waals surface area contributed by atoms with Crippen molar-refractivity contribution in [3.63, 3.8) is 0 Å². The zero-order valence-corrected chi connectivity index (χ0v) is 17.1. The summed E-state index contributed by atoms with van der Waals surface area (Å²) in [4.78, 5) is 2.45. The van der Waals surface area contributed by atoms with E-state index >= 15 is 0 Å². The van der Waals surface area contributed by atoms with Gasteiger partial charge < -0.3 is 4.90 Å². The molecular weight excluding hydrogens is 342 g/mol. The maximum absolute atomic E-state index is 5.11. The molecule has 1 heterocycles. The lowest BCUT2D eigenvalue weighted by atomic mass is 9.47. The molecule has 0 saturated heterocycles. The fourth-order valence-corrected chi connectivity index (χ4v) is 7.25. The third kappa shape index (κ3) is 2.48. The van der Waals surface area contributed by atoms with Gasteiger partial charge in [-0.3, -0.25) is 0 Å². The second-order valence-electron chi connectivity index (χ2n) is 10.1. The van der Waals surface area contributed by atoms with Crippen LogP contribution in [0.4, 0.5) is 17.1 Å². The molecule has 1 aliphatic heterocycles. The lowest BCUT2D eigenvalue weighted by Crippen LogP contribution is -2.49. The Balaban J connectivity index is 1.50. The van der Waals surface area contributed by atoms with Gasteiger partial charge in [-0.15, -0.1) is 0 Å². The van der Waals surface area contributed by atoms with E-state index in [4.69, 9.17) is 5.11 Å². The van der Waals surface area contributed by atoms with Crippen molar-refractivity contribution in [1.82, 2.24) is 0 Å². The second kappa shape index (κ2) is 5.92. The van der Waals surface area contributed by atoms with Crippen molar-refractivity contribution < 1.29 is 4.70 Å². The maximum Gasteiger partial charge on any atom is 0.250 e. The Hall–Kier alpha value is -2.16. The summed E-state index contributed by atoms with van der Waals surface area (Å²) in [6.45, 7) is 3.07. The van der Waals surface area contributed by atoms with Crippen molar-refractivity contribution in [3.05, 3.63) is 53.6 Å². The first-order valence-electron chi connectivity index (χ1n) is 11.0. The average molecular weight is 373 g/mol. The Labute approximate surface area is 168 Å². The van der Waals surface area contributed by atoms with Crippen molar-refractivity contribution in [1.29, 1.82) is 0 Å². The lowest BCUT2D eigenvalue weighted by molar-refractivity contribution is -0.509. The van der Waals surface area contributed by atoms with Crippen molar-refractivity contribution in [2.45, 2.75) is 50.9 Å². The van der Waals surface area contributed by atoms with E-state index in [1.807, 2.05) is 0 Å². The van der Waals surface area contributed by atoms with Gasteiger partial charge in [0.15, 0.2) is 5.69 Å². The van der Waals surface area contributed by atoms with E-state index in [0.29, 0.717) is 5.41 Å². The number of para-hydroxylation sites is 1. The van der Waals surface area contributed by atoms with Crippen LogP contribution in [0.3, 0.4) is 0 Å². The van der Waals surface area contributed by atoms with Crippen LogP contribution in [0.2, 0.25) is 0 Å². The summed E-state index contributed by atoms with van der Waals surface area (Å²) < 4.78 is 2.14. The number of hydrogen-bond acceptors (Lipinski definition) is 2. The van der Waals surface area contributed by atoms with Gasteiger partial charge >= 0.3 is 0 Å². The molecule has 4 bridgehead atoms. The van der Waals surface area contributed by atoms with Crippen LogP contribution in [-0.4, -0.2) is 18.4 Å². The van der Waals surface area contributed by atoms with Gasteiger partial charge in [-0.05, 0) is 85.8 Å². The number of rotatable bonds is 2. The fourth-order valence-electron chi connectivity index (χ4n) is 7.25. The molecule has 0 aromatic heterocycles. The van der Waals surface area contributed by atoms with E-state index in [1.54, 1.807) is 5.56 Å². The summed E-state index contributed by atoms with van der Waals surface area (Å²) in [7, 11) is 2.25. The molecule has 0 unspecified atom stereocenters. The van der Waals surface area contributed by atoms with Crippen molar-refractivity contribution in [2.75, 3.05) is 18.6 Å². The van der Waals surface area contributed by atoms with E-state index in [0.717, 1.165) is 35.8 Å². The van der Waals surface area contributed by atoms with E-state index < -0.39 is 0 Å². The summed E-state index contributed by atoms with van der Waals surface area (Å²) in [6.07, 6.45) is 8.71. The van der Waals surface area contributed by atoms with Gasteiger partial charge in [0.1, 0.15) is 0 Å². The van der Waals surface area contributed by atoms with Crippen LogP contribution >= 0.6 is 0 Å². The number of benzene rings is 2. The van der Waals surface area contributed by atoms with Crippen molar-refractivity contribution >= 4 is 17.1 Å². The Bertz CT molecular complexity index is 924. The third-order valence-electron chi connectivity index (χ3n) is 7.85. The van der Waals surface area contributed by atoms with Crippen molar-refractivity contribution in [3.8, 4) is 0 Å². The highest BCUT2D eigenvalue weighted by molar-refractivity contribution is 5.74. The SMILES string of the molecule is Cc1cc2c(c(C34CC5CC(CC(C5)C3)C4)c1)N(C)C[N+](c1ccccc1)=N2. The highest BCUT2D eigenvalue weighted by atomic mass is 15.4. The molecule has 144 valence electrons. The van der Waals surface area contributed by atoms with Gasteiger partial charge in [0, 0.05) is 24.3 Å². The highest BCUT2D eigenvalue weighted by Gasteiger charge is 2.53. The van der Waals surface area contributed by atoms with Crippen LogP contribution in [0.15, 0.2) is 47.6 Å². The minimum Gasteiger partial charge on any atom is -0.315 e. The van der Waals surface area contributed by atoms with Gasteiger partial charge in [0.2, 0.25) is 5.69 Å². The largest absolute Gasteiger partial charge is 0.315 e. The zero-order chi connectivity index (χ0) is 18.9. The molecule has 4 saturated carbocycles. The average Bonchev–Trinajstić information content (AvgIpc) is 2.66. The molecule has 5 aliphatic rings. The highest BCUT2D eigenvalue weighted by Crippen LogP contribution is 2.62. The molecule has 3 heteroatoms. The van der Waals surface area contributed by atoms with E-state index in [-0.39, 0.29) is 0 Å². The molecule has 2 aromatic rings. The number of hydrogen-bond donors (Lipinski definition) is 0. The molecular formula is C25H30N3+. The molecule has 3 nitrogen and oxygen atoms in total. The first-order valence-corrected chi connectivity index (χ1v) is 11.0. The van der Waals surface area contributed by atoms with Gasteiger partial charge in [-0.1, -0.05) is 29.0 Å². The maximum atomic E-state index is 5.11.